The molecule has 7 nitrogen and oxygen atoms in total. The van der Waals surface area contributed by atoms with Crippen molar-refractivity contribution in [1.29, 1.82) is 0 Å². The Hall–Kier alpha value is -0.990. The average Bonchev–Trinajstić information content (AvgIpc) is 3.37. The van der Waals surface area contributed by atoms with Gasteiger partial charge in [-0.15, -0.1) is 0 Å². The van der Waals surface area contributed by atoms with Gasteiger partial charge in [0.15, 0.2) is 5.96 Å². The number of thioether (sulfide) groups is 1. The summed E-state index contributed by atoms with van der Waals surface area (Å²) in [5.41, 5.74) is 0.170. The first-order valence-electron chi connectivity index (χ1n) is 10.2. The number of rotatable bonds is 5. The molecule has 3 saturated heterocycles. The molecular weight excluding hydrogens is 362 g/mol. The topological polar surface area (TPSA) is 60.4 Å². The second-order valence-corrected chi connectivity index (χ2v) is 9.01. The van der Waals surface area contributed by atoms with Crippen LogP contribution in [0.15, 0.2) is 4.99 Å². The van der Waals surface area contributed by atoms with Gasteiger partial charge in [0.1, 0.15) is 6.10 Å². The number of carbonyl (C=O) groups excluding carboxylic acids is 1. The summed E-state index contributed by atoms with van der Waals surface area (Å²) in [5, 5.41) is 3.45. The Morgan fingerprint density at radius 1 is 1.30 bits per heavy atom. The fourth-order valence-electron chi connectivity index (χ4n) is 3.98. The zero-order valence-electron chi connectivity index (χ0n) is 17.1. The van der Waals surface area contributed by atoms with Crippen LogP contribution in [0.5, 0.6) is 0 Å². The highest BCUT2D eigenvalue weighted by molar-refractivity contribution is 7.99. The van der Waals surface area contributed by atoms with Crippen molar-refractivity contribution in [3.63, 3.8) is 0 Å². The third kappa shape index (κ3) is 4.90. The maximum absolute atomic E-state index is 12.5. The molecule has 1 N–H and O–H groups in total. The van der Waals surface area contributed by atoms with Crippen molar-refractivity contribution in [2.45, 2.75) is 37.8 Å². The van der Waals surface area contributed by atoms with Gasteiger partial charge >= 0.3 is 0 Å². The summed E-state index contributed by atoms with van der Waals surface area (Å²) >= 11 is 2.02. The quantitative estimate of drug-likeness (QED) is 0.545. The lowest BCUT2D eigenvalue weighted by Crippen LogP contribution is -2.56. The molecule has 3 aliphatic rings. The first-order chi connectivity index (χ1) is 13.1. The largest absolute Gasteiger partial charge is 0.368 e. The van der Waals surface area contributed by atoms with E-state index in [1.807, 2.05) is 16.7 Å². The molecule has 2 atom stereocenters. The maximum Gasteiger partial charge on any atom is 0.251 e. The van der Waals surface area contributed by atoms with Gasteiger partial charge in [-0.25, -0.2) is 0 Å². The second kappa shape index (κ2) is 9.47. The van der Waals surface area contributed by atoms with Crippen LogP contribution in [0.25, 0.3) is 0 Å². The van der Waals surface area contributed by atoms with Gasteiger partial charge in [0.05, 0.1) is 6.54 Å². The highest BCUT2D eigenvalue weighted by Gasteiger charge is 2.37. The summed E-state index contributed by atoms with van der Waals surface area (Å²) in [6, 6.07) is 0. The smallest absolute Gasteiger partial charge is 0.251 e. The third-order valence-electron chi connectivity index (χ3n) is 5.99. The lowest BCUT2D eigenvalue weighted by Gasteiger charge is -2.38. The standard InChI is InChI=1S/C19H35N5O2S/c1-4-20-18(21-14-19(22(2)3)7-13-27-15-19)24-10-8-23(9-11-24)17(25)16-6-5-12-26-16/h16H,4-15H2,1-3H3,(H,20,21). The van der Waals surface area contributed by atoms with Crippen LogP contribution in [-0.4, -0.2) is 110 Å². The van der Waals surface area contributed by atoms with Crippen molar-refractivity contribution in [2.75, 3.05) is 71.5 Å². The fourth-order valence-corrected chi connectivity index (χ4v) is 5.52. The van der Waals surface area contributed by atoms with Crippen LogP contribution in [0, 0.1) is 0 Å². The van der Waals surface area contributed by atoms with Gasteiger partial charge in [-0.05, 0) is 46.0 Å². The molecule has 0 spiro atoms. The molecule has 3 aliphatic heterocycles. The SMILES string of the molecule is CCNC(=NCC1(N(C)C)CCSC1)N1CCN(C(=O)C2CCCO2)CC1. The number of hydrogen-bond acceptors (Lipinski definition) is 5. The van der Waals surface area contributed by atoms with E-state index in [-0.39, 0.29) is 17.6 Å². The normalized spacial score (nSPS) is 29.6. The number of nitrogens with one attached hydrogen (secondary N) is 1. The molecule has 3 rings (SSSR count). The van der Waals surface area contributed by atoms with Crippen LogP contribution < -0.4 is 5.32 Å². The van der Waals surface area contributed by atoms with Crippen molar-refractivity contribution in [3.05, 3.63) is 0 Å². The predicted octanol–water partition coefficient (Wildman–Crippen LogP) is 0.712. The molecule has 0 aromatic carbocycles. The summed E-state index contributed by atoms with van der Waals surface area (Å²) in [6.45, 7) is 7.67. The average molecular weight is 398 g/mol. The van der Waals surface area contributed by atoms with Gasteiger partial charge < -0.3 is 24.8 Å². The number of nitrogens with zero attached hydrogens (tertiary/aromatic N) is 4. The van der Waals surface area contributed by atoms with Crippen LogP contribution in [-0.2, 0) is 9.53 Å². The number of ether oxygens (including phenoxy) is 1. The molecule has 3 heterocycles. The molecule has 0 aliphatic carbocycles. The van der Waals surface area contributed by atoms with Gasteiger partial charge in [0.2, 0.25) is 0 Å². The van der Waals surface area contributed by atoms with Crippen molar-refractivity contribution >= 4 is 23.6 Å². The van der Waals surface area contributed by atoms with E-state index in [0.717, 1.165) is 70.4 Å². The van der Waals surface area contributed by atoms with E-state index in [9.17, 15) is 4.79 Å². The number of likely N-dealkylation sites (N-methyl/N-ethyl adjacent to an activating group) is 1. The van der Waals surface area contributed by atoms with Crippen LogP contribution in [0.4, 0.5) is 0 Å². The molecule has 8 heteroatoms. The monoisotopic (exact) mass is 397 g/mol. The van der Waals surface area contributed by atoms with Crippen molar-refractivity contribution in [1.82, 2.24) is 20.0 Å². The fraction of sp³-hybridized carbons (Fsp3) is 0.895. The lowest BCUT2D eigenvalue weighted by molar-refractivity contribution is -0.142. The highest BCUT2D eigenvalue weighted by atomic mass is 32.2. The molecule has 0 bridgehead atoms. The number of carbonyl (C=O) groups is 1. The first-order valence-corrected chi connectivity index (χ1v) is 11.4. The van der Waals surface area contributed by atoms with Gasteiger partial charge in [-0.2, -0.15) is 11.8 Å². The Bertz CT molecular complexity index is 522. The zero-order valence-corrected chi connectivity index (χ0v) is 17.9. The lowest BCUT2D eigenvalue weighted by atomic mass is 9.98. The Morgan fingerprint density at radius 3 is 2.59 bits per heavy atom. The molecule has 1 amide bonds. The van der Waals surface area contributed by atoms with Crippen molar-refractivity contribution < 1.29 is 9.53 Å². The highest BCUT2D eigenvalue weighted by Crippen LogP contribution is 2.32. The molecule has 2 unspecified atom stereocenters. The third-order valence-corrected chi connectivity index (χ3v) is 7.22. The van der Waals surface area contributed by atoms with Crippen LogP contribution >= 0.6 is 11.8 Å². The van der Waals surface area contributed by atoms with Gasteiger partial charge in [0, 0.05) is 50.6 Å². The zero-order chi connectivity index (χ0) is 19.3. The maximum atomic E-state index is 12.5. The van der Waals surface area contributed by atoms with Crippen LogP contribution in [0.1, 0.15) is 26.2 Å². The van der Waals surface area contributed by atoms with E-state index < -0.39 is 0 Å². The number of hydrogen-bond donors (Lipinski definition) is 1. The minimum absolute atomic E-state index is 0.170. The van der Waals surface area contributed by atoms with Crippen LogP contribution in [0.2, 0.25) is 0 Å². The van der Waals surface area contributed by atoms with Gasteiger partial charge in [-0.3, -0.25) is 9.79 Å². The molecule has 0 saturated carbocycles. The number of guanidine groups is 1. The first kappa shape index (κ1) is 20.7. The summed E-state index contributed by atoms with van der Waals surface area (Å²) in [6.07, 6.45) is 2.85. The van der Waals surface area contributed by atoms with E-state index in [1.54, 1.807) is 0 Å². The van der Waals surface area contributed by atoms with E-state index in [1.165, 1.54) is 12.2 Å². The molecule has 0 aromatic heterocycles. The predicted molar refractivity (Wildman–Crippen MR) is 111 cm³/mol. The Morgan fingerprint density at radius 2 is 2.04 bits per heavy atom. The Labute approximate surface area is 167 Å². The van der Waals surface area contributed by atoms with Crippen molar-refractivity contribution in [3.8, 4) is 0 Å². The van der Waals surface area contributed by atoms with Gasteiger partial charge in [0.25, 0.3) is 5.91 Å². The molecule has 154 valence electrons. The Balaban J connectivity index is 1.58. The van der Waals surface area contributed by atoms with E-state index in [4.69, 9.17) is 9.73 Å². The Kier molecular flexibility index (Phi) is 7.28. The second-order valence-electron chi connectivity index (χ2n) is 7.91. The van der Waals surface area contributed by atoms with Crippen LogP contribution in [0.3, 0.4) is 0 Å². The molecule has 0 radical (unpaired) electrons. The van der Waals surface area contributed by atoms with E-state index in [2.05, 4.69) is 36.1 Å². The van der Waals surface area contributed by atoms with E-state index >= 15 is 0 Å². The summed E-state index contributed by atoms with van der Waals surface area (Å²) in [5.74, 6) is 3.52. The molecule has 3 fully saturated rings. The summed E-state index contributed by atoms with van der Waals surface area (Å²) in [7, 11) is 4.34. The minimum Gasteiger partial charge on any atom is -0.368 e. The number of amides is 1. The molecule has 27 heavy (non-hydrogen) atoms. The van der Waals surface area contributed by atoms with E-state index in [0.29, 0.717) is 0 Å². The molecular formula is C19H35N5O2S. The minimum atomic E-state index is -0.210. The summed E-state index contributed by atoms with van der Waals surface area (Å²) in [4.78, 5) is 24.2. The number of aliphatic imine (C=N–C) groups is 1. The van der Waals surface area contributed by atoms with Crippen molar-refractivity contribution in [2.24, 2.45) is 4.99 Å². The molecule has 0 aromatic rings. The number of piperazine rings is 1. The van der Waals surface area contributed by atoms with Gasteiger partial charge in [-0.1, -0.05) is 0 Å². The summed E-state index contributed by atoms with van der Waals surface area (Å²) < 4.78 is 5.56.